The lowest BCUT2D eigenvalue weighted by atomic mass is 10.1. The fourth-order valence-electron chi connectivity index (χ4n) is 2.14. The van der Waals surface area contributed by atoms with Crippen molar-refractivity contribution in [2.45, 2.75) is 25.7 Å². The van der Waals surface area contributed by atoms with Crippen LogP contribution in [0.2, 0.25) is 0 Å². The standard InChI is InChI=1S/C12H17N5/c13-5-6-14-11-7-12(17-9-16-11)15-8-10-3-1-2-4-10/h7,9-10H,1-4,6,8H2,(H2,14,15,16,17). The molecule has 90 valence electrons. The molecule has 0 bridgehead atoms. The SMILES string of the molecule is N#CCNc1cc(NCC2CCCC2)ncn1. The molecule has 0 aliphatic heterocycles. The number of nitrogens with zero attached hydrogens (tertiary/aromatic N) is 3. The van der Waals surface area contributed by atoms with Crippen molar-refractivity contribution in [3.8, 4) is 6.07 Å². The van der Waals surface area contributed by atoms with E-state index < -0.39 is 0 Å². The molecule has 2 N–H and O–H groups in total. The zero-order chi connectivity index (χ0) is 11.9. The van der Waals surface area contributed by atoms with Crippen LogP contribution in [-0.2, 0) is 0 Å². The molecular weight excluding hydrogens is 214 g/mol. The monoisotopic (exact) mass is 231 g/mol. The molecule has 0 atom stereocenters. The Balaban J connectivity index is 1.85. The molecular formula is C12H17N5. The van der Waals surface area contributed by atoms with Gasteiger partial charge in [0, 0.05) is 12.6 Å². The average molecular weight is 231 g/mol. The number of nitrogens with one attached hydrogen (secondary N) is 2. The van der Waals surface area contributed by atoms with Gasteiger partial charge in [0.25, 0.3) is 0 Å². The van der Waals surface area contributed by atoms with Gasteiger partial charge in [-0.25, -0.2) is 9.97 Å². The normalized spacial score (nSPS) is 15.5. The number of nitriles is 1. The summed E-state index contributed by atoms with van der Waals surface area (Å²) in [5.41, 5.74) is 0. The molecule has 17 heavy (non-hydrogen) atoms. The Morgan fingerprint density at radius 2 is 1.94 bits per heavy atom. The van der Waals surface area contributed by atoms with E-state index in [0.29, 0.717) is 5.82 Å². The molecule has 0 radical (unpaired) electrons. The van der Waals surface area contributed by atoms with Crippen LogP contribution in [0, 0.1) is 17.2 Å². The van der Waals surface area contributed by atoms with Crippen molar-refractivity contribution in [3.05, 3.63) is 12.4 Å². The summed E-state index contributed by atoms with van der Waals surface area (Å²) in [5, 5.41) is 14.7. The molecule has 1 aromatic heterocycles. The van der Waals surface area contributed by atoms with Crippen molar-refractivity contribution in [1.29, 1.82) is 5.26 Å². The van der Waals surface area contributed by atoms with Crippen LogP contribution in [0.3, 0.4) is 0 Å². The van der Waals surface area contributed by atoms with Crippen LogP contribution >= 0.6 is 0 Å². The van der Waals surface area contributed by atoms with Crippen molar-refractivity contribution in [2.24, 2.45) is 5.92 Å². The van der Waals surface area contributed by atoms with Crippen LogP contribution in [0.25, 0.3) is 0 Å². The van der Waals surface area contributed by atoms with E-state index in [9.17, 15) is 0 Å². The minimum absolute atomic E-state index is 0.263. The van der Waals surface area contributed by atoms with Gasteiger partial charge < -0.3 is 10.6 Å². The summed E-state index contributed by atoms with van der Waals surface area (Å²) in [7, 11) is 0. The number of hydrogen-bond donors (Lipinski definition) is 2. The highest BCUT2D eigenvalue weighted by atomic mass is 15.1. The highest BCUT2D eigenvalue weighted by molar-refractivity contribution is 5.46. The highest BCUT2D eigenvalue weighted by Crippen LogP contribution is 2.24. The first-order chi connectivity index (χ1) is 8.38. The van der Waals surface area contributed by atoms with Gasteiger partial charge in [0.1, 0.15) is 24.5 Å². The van der Waals surface area contributed by atoms with Crippen molar-refractivity contribution in [3.63, 3.8) is 0 Å². The zero-order valence-electron chi connectivity index (χ0n) is 9.82. The van der Waals surface area contributed by atoms with Crippen molar-refractivity contribution < 1.29 is 0 Å². The predicted octanol–water partition coefficient (Wildman–Crippen LogP) is 2.01. The van der Waals surface area contributed by atoms with Crippen LogP contribution in [0.4, 0.5) is 11.6 Å². The number of rotatable bonds is 5. The molecule has 1 saturated carbocycles. The third-order valence-electron chi connectivity index (χ3n) is 3.06. The molecule has 0 spiro atoms. The highest BCUT2D eigenvalue weighted by Gasteiger charge is 2.14. The van der Waals surface area contributed by atoms with Gasteiger partial charge in [-0.15, -0.1) is 0 Å². The Kier molecular flexibility index (Phi) is 4.14. The van der Waals surface area contributed by atoms with Gasteiger partial charge >= 0.3 is 0 Å². The van der Waals surface area contributed by atoms with Crippen LogP contribution in [-0.4, -0.2) is 23.1 Å². The molecule has 0 saturated heterocycles. The first-order valence-electron chi connectivity index (χ1n) is 6.05. The van der Waals surface area contributed by atoms with Crippen molar-refractivity contribution in [2.75, 3.05) is 23.7 Å². The first kappa shape index (κ1) is 11.6. The fraction of sp³-hybridized carbons (Fsp3) is 0.583. The Bertz CT molecular complexity index is 392. The van der Waals surface area contributed by atoms with Crippen LogP contribution in [0.1, 0.15) is 25.7 Å². The molecule has 2 rings (SSSR count). The maximum atomic E-state index is 8.47. The Hall–Kier alpha value is -1.83. The summed E-state index contributed by atoms with van der Waals surface area (Å²) in [6.07, 6.45) is 6.85. The summed E-state index contributed by atoms with van der Waals surface area (Å²) in [6, 6.07) is 3.86. The second kappa shape index (κ2) is 6.04. The van der Waals surface area contributed by atoms with Gasteiger partial charge in [-0.3, -0.25) is 0 Å². The average Bonchev–Trinajstić information content (AvgIpc) is 2.87. The predicted molar refractivity (Wildman–Crippen MR) is 66.6 cm³/mol. The molecule has 1 fully saturated rings. The van der Waals surface area contributed by atoms with Gasteiger partial charge in [0.15, 0.2) is 0 Å². The van der Waals surface area contributed by atoms with Crippen LogP contribution in [0.15, 0.2) is 12.4 Å². The topological polar surface area (TPSA) is 73.6 Å². The summed E-state index contributed by atoms with van der Waals surface area (Å²) in [5.74, 6) is 2.29. The Morgan fingerprint density at radius 3 is 2.65 bits per heavy atom. The van der Waals surface area contributed by atoms with Gasteiger partial charge in [-0.2, -0.15) is 5.26 Å². The fourth-order valence-corrected chi connectivity index (χ4v) is 2.14. The van der Waals surface area contributed by atoms with Crippen LogP contribution in [0.5, 0.6) is 0 Å². The Morgan fingerprint density at radius 1 is 1.24 bits per heavy atom. The number of anilines is 2. The van der Waals surface area contributed by atoms with Crippen LogP contribution < -0.4 is 10.6 Å². The largest absolute Gasteiger partial charge is 0.370 e. The lowest BCUT2D eigenvalue weighted by Gasteiger charge is -2.11. The zero-order valence-corrected chi connectivity index (χ0v) is 9.82. The lowest BCUT2D eigenvalue weighted by Crippen LogP contribution is -2.12. The molecule has 1 aromatic rings. The summed E-state index contributed by atoms with van der Waals surface area (Å²) in [6.45, 7) is 1.24. The number of aromatic nitrogens is 2. The molecule has 5 heteroatoms. The third kappa shape index (κ3) is 3.59. The van der Waals surface area contributed by atoms with Crippen molar-refractivity contribution in [1.82, 2.24) is 9.97 Å². The van der Waals surface area contributed by atoms with E-state index in [1.165, 1.54) is 32.0 Å². The molecule has 0 unspecified atom stereocenters. The van der Waals surface area contributed by atoms with Crippen molar-refractivity contribution >= 4 is 11.6 Å². The maximum Gasteiger partial charge on any atom is 0.132 e. The van der Waals surface area contributed by atoms with E-state index in [1.54, 1.807) is 0 Å². The molecule has 1 aliphatic carbocycles. The maximum absolute atomic E-state index is 8.47. The van der Waals surface area contributed by atoms with Gasteiger partial charge in [0.2, 0.25) is 0 Å². The molecule has 0 aromatic carbocycles. The van der Waals surface area contributed by atoms with Gasteiger partial charge in [-0.05, 0) is 18.8 Å². The lowest BCUT2D eigenvalue weighted by molar-refractivity contribution is 0.579. The summed E-state index contributed by atoms with van der Waals surface area (Å²) >= 11 is 0. The van der Waals surface area contributed by atoms with E-state index in [2.05, 4.69) is 20.6 Å². The smallest absolute Gasteiger partial charge is 0.132 e. The molecule has 0 amide bonds. The van der Waals surface area contributed by atoms with Gasteiger partial charge in [-0.1, -0.05) is 12.8 Å². The minimum Gasteiger partial charge on any atom is -0.370 e. The second-order valence-corrected chi connectivity index (χ2v) is 4.33. The van der Waals surface area contributed by atoms with E-state index >= 15 is 0 Å². The van der Waals surface area contributed by atoms with E-state index in [4.69, 9.17) is 5.26 Å². The van der Waals surface area contributed by atoms with E-state index in [-0.39, 0.29) is 6.54 Å². The molecule has 1 aliphatic rings. The third-order valence-corrected chi connectivity index (χ3v) is 3.06. The molecule has 1 heterocycles. The first-order valence-corrected chi connectivity index (χ1v) is 6.05. The molecule has 5 nitrogen and oxygen atoms in total. The minimum atomic E-state index is 0.263. The quantitative estimate of drug-likeness (QED) is 0.758. The van der Waals surface area contributed by atoms with Gasteiger partial charge in [0.05, 0.1) is 6.07 Å². The Labute approximate surface area is 101 Å². The van der Waals surface area contributed by atoms with E-state index in [0.717, 1.165) is 18.3 Å². The van der Waals surface area contributed by atoms with E-state index in [1.807, 2.05) is 12.1 Å². The number of hydrogen-bond acceptors (Lipinski definition) is 5. The second-order valence-electron chi connectivity index (χ2n) is 4.33. The summed E-state index contributed by atoms with van der Waals surface area (Å²) in [4.78, 5) is 8.21. The summed E-state index contributed by atoms with van der Waals surface area (Å²) < 4.78 is 0.